The average Bonchev–Trinajstić information content (AvgIpc) is 2.90. The van der Waals surface area contributed by atoms with E-state index in [0.29, 0.717) is 0 Å². The molecule has 5 heteroatoms. The third-order valence-electron chi connectivity index (χ3n) is 8.07. The van der Waals surface area contributed by atoms with Crippen LogP contribution in [0.1, 0.15) is 153 Å². The maximum Gasteiger partial charge on any atom is 1.00 e. The molecule has 0 amide bonds. The van der Waals surface area contributed by atoms with E-state index in [1.807, 2.05) is 12.1 Å². The Labute approximate surface area is 283 Å². The molecule has 0 atom stereocenters. The quantitative estimate of drug-likeness (QED) is 0.0767. The molecule has 2 rings (SSSR count). The van der Waals surface area contributed by atoms with Crippen LogP contribution in [0.15, 0.2) is 35.2 Å². The van der Waals surface area contributed by atoms with Crippen molar-refractivity contribution in [2.45, 2.75) is 160 Å². The number of aryl methyl sites for hydroxylation is 2. The predicted molar refractivity (Wildman–Crippen MR) is 163 cm³/mol. The minimum atomic E-state index is -4.44. The van der Waals surface area contributed by atoms with Gasteiger partial charge in [-0.2, -0.15) is 0 Å². The Bertz CT molecular complexity index is 1000. The van der Waals surface area contributed by atoms with E-state index < -0.39 is 10.1 Å². The van der Waals surface area contributed by atoms with Crippen LogP contribution in [-0.4, -0.2) is 13.0 Å². The first-order valence-corrected chi connectivity index (χ1v) is 17.4. The van der Waals surface area contributed by atoms with Crippen molar-refractivity contribution < 1.29 is 64.4 Å². The normalized spacial score (nSPS) is 11.7. The minimum Gasteiger partial charge on any atom is -0.744 e. The van der Waals surface area contributed by atoms with Gasteiger partial charge in [-0.05, 0) is 59.7 Å². The van der Waals surface area contributed by atoms with Gasteiger partial charge in [-0.1, -0.05) is 148 Å². The molecule has 2 aromatic rings. The van der Waals surface area contributed by atoms with Gasteiger partial charge in [0, 0.05) is 0 Å². The second-order valence-electron chi connectivity index (χ2n) is 11.4. The van der Waals surface area contributed by atoms with Gasteiger partial charge in [0.05, 0.1) is 4.90 Å². The second kappa shape index (κ2) is 22.8. The zero-order valence-corrected chi connectivity index (χ0v) is 29.5. The van der Waals surface area contributed by atoms with E-state index in [4.69, 9.17) is 0 Å². The van der Waals surface area contributed by atoms with Crippen molar-refractivity contribution in [3.05, 3.63) is 41.5 Å². The standard InChI is InChI=1S/C34H56O3S.K/c1-3-5-7-9-11-13-15-17-19-21-23-30-25-26-31-29-32(38(35,36)37)27-28-34(31)33(30)24-22-20-18-16-14-12-10-8-6-4-2;/h25-29H,3-24H2,1-2H3,(H,35,36,37);/q;+1/p-1. The summed E-state index contributed by atoms with van der Waals surface area (Å²) in [6, 6.07) is 9.12. The summed E-state index contributed by atoms with van der Waals surface area (Å²) in [5.41, 5.74) is 2.78. The summed E-state index contributed by atoms with van der Waals surface area (Å²) in [7, 11) is -4.44. The smallest absolute Gasteiger partial charge is 0.744 e. The molecule has 3 nitrogen and oxygen atoms in total. The molecule has 0 aliphatic heterocycles. The van der Waals surface area contributed by atoms with Crippen molar-refractivity contribution >= 4 is 20.9 Å². The van der Waals surface area contributed by atoms with E-state index in [1.165, 1.54) is 146 Å². The number of hydrogen-bond acceptors (Lipinski definition) is 3. The van der Waals surface area contributed by atoms with Crippen molar-refractivity contribution in [2.24, 2.45) is 0 Å². The van der Waals surface area contributed by atoms with E-state index >= 15 is 0 Å². The molecule has 0 aliphatic carbocycles. The first-order valence-electron chi connectivity index (χ1n) is 16.0. The van der Waals surface area contributed by atoms with Gasteiger partial charge in [0.1, 0.15) is 10.1 Å². The van der Waals surface area contributed by atoms with Crippen molar-refractivity contribution in [3.63, 3.8) is 0 Å². The van der Waals surface area contributed by atoms with Gasteiger partial charge in [0.2, 0.25) is 0 Å². The van der Waals surface area contributed by atoms with E-state index in [-0.39, 0.29) is 56.3 Å². The number of benzene rings is 2. The second-order valence-corrected chi connectivity index (χ2v) is 12.8. The zero-order chi connectivity index (χ0) is 27.5. The molecule has 216 valence electrons. The average molecular weight is 583 g/mol. The molecule has 0 radical (unpaired) electrons. The van der Waals surface area contributed by atoms with Crippen molar-refractivity contribution in [1.29, 1.82) is 0 Å². The SMILES string of the molecule is CCCCCCCCCCCCc1ccc2cc(S(=O)(=O)[O-])ccc2c1CCCCCCCCCCCC.[K+]. The van der Waals surface area contributed by atoms with Crippen molar-refractivity contribution in [3.8, 4) is 0 Å². The van der Waals surface area contributed by atoms with Crippen LogP contribution in [0.5, 0.6) is 0 Å². The van der Waals surface area contributed by atoms with Crippen LogP contribution in [0, 0.1) is 0 Å². The Balaban J connectivity index is 0.00000760. The molecular formula is C34H55KO3S. The third-order valence-corrected chi connectivity index (χ3v) is 8.90. The summed E-state index contributed by atoms with van der Waals surface area (Å²) in [6.45, 7) is 4.54. The molecule has 0 heterocycles. The molecule has 0 aromatic heterocycles. The molecule has 0 unspecified atom stereocenters. The number of unbranched alkanes of at least 4 members (excludes halogenated alkanes) is 18. The molecule has 39 heavy (non-hydrogen) atoms. The van der Waals surface area contributed by atoms with Gasteiger partial charge >= 0.3 is 51.4 Å². The van der Waals surface area contributed by atoms with E-state index in [9.17, 15) is 13.0 Å². The maximum atomic E-state index is 11.6. The van der Waals surface area contributed by atoms with Gasteiger partial charge in [-0.15, -0.1) is 0 Å². The molecule has 0 saturated carbocycles. The van der Waals surface area contributed by atoms with Gasteiger partial charge in [0.25, 0.3) is 0 Å². The first kappa shape index (κ1) is 37.3. The molecule has 0 spiro atoms. The number of hydrogen-bond donors (Lipinski definition) is 0. The monoisotopic (exact) mass is 582 g/mol. The van der Waals surface area contributed by atoms with E-state index in [0.717, 1.165) is 23.6 Å². The first-order chi connectivity index (χ1) is 18.5. The Morgan fingerprint density at radius 1 is 0.564 bits per heavy atom. The van der Waals surface area contributed by atoms with E-state index in [2.05, 4.69) is 19.9 Å². The van der Waals surface area contributed by atoms with Crippen molar-refractivity contribution in [1.82, 2.24) is 0 Å². The molecule has 0 bridgehead atoms. The Morgan fingerprint density at radius 3 is 1.46 bits per heavy atom. The molecule has 0 aliphatic rings. The molecule has 0 fully saturated rings. The summed E-state index contributed by atoms with van der Waals surface area (Å²) in [4.78, 5) is -0.127. The van der Waals surface area contributed by atoms with Gasteiger partial charge in [-0.3, -0.25) is 0 Å². The molecule has 0 saturated heterocycles. The number of rotatable bonds is 23. The van der Waals surface area contributed by atoms with Crippen LogP contribution in [-0.2, 0) is 23.0 Å². The van der Waals surface area contributed by atoms with Crippen LogP contribution >= 0.6 is 0 Å². The van der Waals surface area contributed by atoms with Gasteiger partial charge in [-0.25, -0.2) is 8.42 Å². The topological polar surface area (TPSA) is 57.2 Å². The largest absolute Gasteiger partial charge is 1.00 e. The van der Waals surface area contributed by atoms with Crippen LogP contribution in [0.25, 0.3) is 10.8 Å². The van der Waals surface area contributed by atoms with Gasteiger partial charge in [0.15, 0.2) is 0 Å². The fourth-order valence-electron chi connectivity index (χ4n) is 5.69. The Morgan fingerprint density at radius 2 is 1.00 bits per heavy atom. The van der Waals surface area contributed by atoms with Gasteiger partial charge < -0.3 is 4.55 Å². The summed E-state index contributed by atoms with van der Waals surface area (Å²) >= 11 is 0. The van der Waals surface area contributed by atoms with Crippen LogP contribution < -0.4 is 51.4 Å². The van der Waals surface area contributed by atoms with E-state index in [1.54, 1.807) is 6.07 Å². The van der Waals surface area contributed by atoms with Crippen LogP contribution in [0.2, 0.25) is 0 Å². The zero-order valence-electron chi connectivity index (χ0n) is 25.6. The Hall–Kier alpha value is 0.246. The maximum absolute atomic E-state index is 11.6. The summed E-state index contributed by atoms with van der Waals surface area (Å²) in [6.07, 6.45) is 28.7. The van der Waals surface area contributed by atoms with Crippen LogP contribution in [0.4, 0.5) is 0 Å². The predicted octanol–water partition coefficient (Wildman–Crippen LogP) is 7.67. The molecular weight excluding hydrogens is 528 g/mol. The molecule has 2 aromatic carbocycles. The minimum absolute atomic E-state index is 0. The molecule has 0 N–H and O–H groups in total. The fraction of sp³-hybridized carbons (Fsp3) is 0.706. The summed E-state index contributed by atoms with van der Waals surface area (Å²) in [5, 5.41) is 1.99. The van der Waals surface area contributed by atoms with Crippen molar-refractivity contribution in [2.75, 3.05) is 0 Å². The number of fused-ring (bicyclic) bond motifs is 1. The fourth-order valence-corrected chi connectivity index (χ4v) is 6.20. The summed E-state index contributed by atoms with van der Waals surface area (Å²) in [5.74, 6) is 0. The Kier molecular flexibility index (Phi) is 21.8. The van der Waals surface area contributed by atoms with Crippen LogP contribution in [0.3, 0.4) is 0 Å². The summed E-state index contributed by atoms with van der Waals surface area (Å²) < 4.78 is 34.7. The third kappa shape index (κ3) is 15.9.